The van der Waals surface area contributed by atoms with Crippen LogP contribution in [-0.2, 0) is 16.0 Å². The van der Waals surface area contributed by atoms with E-state index in [-0.39, 0.29) is 11.8 Å². The first-order valence-corrected chi connectivity index (χ1v) is 19.7. The number of thiazole rings is 1. The normalized spacial score (nSPS) is 20.8. The average Bonchev–Trinajstić information content (AvgIpc) is 3.89. The Kier molecular flexibility index (Phi) is 9.40. The average molecular weight is 703 g/mol. The fourth-order valence-electron chi connectivity index (χ4n) is 9.19. The lowest BCUT2D eigenvalue weighted by molar-refractivity contribution is -0.122. The van der Waals surface area contributed by atoms with Crippen molar-refractivity contribution in [1.82, 2.24) is 10.3 Å². The number of esters is 1. The van der Waals surface area contributed by atoms with Gasteiger partial charge in [-0.1, -0.05) is 74.6 Å². The zero-order chi connectivity index (χ0) is 35.0. The number of amides is 2. The number of carbonyl (C=O) groups excluding carboxylic acids is 3. The predicted molar refractivity (Wildman–Crippen MR) is 201 cm³/mol. The Hall–Kier alpha value is -4.50. The molecular weight excluding hydrogens is 657 g/mol. The Morgan fingerprint density at radius 3 is 2.49 bits per heavy atom. The molecule has 2 amide bonds. The first kappa shape index (κ1) is 33.6. The van der Waals surface area contributed by atoms with Crippen molar-refractivity contribution in [2.45, 2.75) is 95.1 Å². The quantitative estimate of drug-likeness (QED) is 0.178. The smallest absolute Gasteiger partial charge is 0.367 e. The fraction of sp³-hybridized carbons (Fsp3) is 0.429. The molecule has 9 heteroatoms. The number of hydrogen-bond donors (Lipinski definition) is 2. The van der Waals surface area contributed by atoms with E-state index in [0.29, 0.717) is 59.3 Å². The summed E-state index contributed by atoms with van der Waals surface area (Å²) >= 11 is 1.25. The zero-order valence-corrected chi connectivity index (χ0v) is 30.1. The SMILES string of the molecule is CCOC(=O)c1nc(-c2ccc(NC(=O)C3(NC(=O)c4ccc5c(c4)N4CCCc6ccccc6C4C5C4CCCCC4)CCCC3)cc2)cs1. The van der Waals surface area contributed by atoms with E-state index in [0.717, 1.165) is 37.8 Å². The Labute approximate surface area is 304 Å². The molecule has 51 heavy (non-hydrogen) atoms. The molecule has 4 aliphatic rings. The summed E-state index contributed by atoms with van der Waals surface area (Å²) in [5, 5.41) is 8.45. The molecule has 0 spiro atoms. The van der Waals surface area contributed by atoms with Gasteiger partial charge >= 0.3 is 5.97 Å². The predicted octanol–water partition coefficient (Wildman–Crippen LogP) is 8.84. The summed E-state index contributed by atoms with van der Waals surface area (Å²) in [6, 6.07) is 23.0. The van der Waals surface area contributed by atoms with Gasteiger partial charge in [-0.25, -0.2) is 9.78 Å². The van der Waals surface area contributed by atoms with Crippen LogP contribution in [0.1, 0.15) is 120 Å². The lowest BCUT2D eigenvalue weighted by Crippen LogP contribution is -2.55. The molecule has 2 aliphatic carbocycles. The van der Waals surface area contributed by atoms with Crippen LogP contribution in [0.4, 0.5) is 11.4 Å². The van der Waals surface area contributed by atoms with E-state index in [4.69, 9.17) is 4.74 Å². The molecule has 0 saturated heterocycles. The number of anilines is 2. The van der Waals surface area contributed by atoms with Gasteiger partial charge in [0.1, 0.15) is 5.54 Å². The largest absolute Gasteiger partial charge is 0.461 e. The molecule has 3 heterocycles. The Morgan fingerprint density at radius 2 is 1.71 bits per heavy atom. The van der Waals surface area contributed by atoms with Gasteiger partial charge in [0.05, 0.1) is 18.3 Å². The second-order valence-electron chi connectivity index (χ2n) is 14.7. The molecule has 1 aromatic heterocycles. The topological polar surface area (TPSA) is 101 Å². The van der Waals surface area contributed by atoms with Crippen molar-refractivity contribution < 1.29 is 19.1 Å². The Balaban J connectivity index is 1.02. The van der Waals surface area contributed by atoms with Crippen molar-refractivity contribution in [2.24, 2.45) is 5.92 Å². The second-order valence-corrected chi connectivity index (χ2v) is 15.5. The maximum absolute atomic E-state index is 14.1. The number of aryl methyl sites for hydroxylation is 1. The number of fused-ring (bicyclic) bond motifs is 5. The lowest BCUT2D eigenvalue weighted by atomic mass is 9.73. The van der Waals surface area contributed by atoms with Gasteiger partial charge in [-0.2, -0.15) is 0 Å². The van der Waals surface area contributed by atoms with Crippen molar-refractivity contribution in [3.63, 3.8) is 0 Å². The second kappa shape index (κ2) is 14.3. The van der Waals surface area contributed by atoms with E-state index in [1.807, 2.05) is 35.7 Å². The number of nitrogens with zero attached hydrogens (tertiary/aromatic N) is 2. The molecular formula is C42H46N4O4S. The maximum Gasteiger partial charge on any atom is 0.367 e. The number of carbonyl (C=O) groups is 3. The summed E-state index contributed by atoms with van der Waals surface area (Å²) in [7, 11) is 0. The standard InChI is InChI=1S/C42H46N4O4S/c1-2-50-40(48)39-44-34(26-51-39)28-16-19-31(20-17-28)43-41(49)42(22-8-9-23-42)45-38(47)30-18-21-33-35(25-30)46-24-10-14-27-11-6-7-15-32(27)37(46)36(33)29-12-4-3-5-13-29/h6-7,11,15-21,25-26,29,36-37H,2-5,8-10,12-14,22-24H2,1H3,(H,43,49)(H,45,47). The van der Waals surface area contributed by atoms with Crippen LogP contribution in [0.15, 0.2) is 72.1 Å². The lowest BCUT2D eigenvalue weighted by Gasteiger charge is -2.35. The molecule has 8 rings (SSSR count). The van der Waals surface area contributed by atoms with Gasteiger partial charge in [-0.15, -0.1) is 11.3 Å². The van der Waals surface area contributed by atoms with Crippen molar-refractivity contribution in [3.8, 4) is 11.3 Å². The molecule has 0 bridgehead atoms. The summed E-state index contributed by atoms with van der Waals surface area (Å²) < 4.78 is 5.07. The van der Waals surface area contributed by atoms with E-state index < -0.39 is 11.5 Å². The molecule has 2 saturated carbocycles. The van der Waals surface area contributed by atoms with Crippen LogP contribution in [0.25, 0.3) is 11.3 Å². The van der Waals surface area contributed by atoms with Gasteiger partial charge in [0.2, 0.25) is 10.9 Å². The third-order valence-corrected chi connectivity index (χ3v) is 12.5. The van der Waals surface area contributed by atoms with Gasteiger partial charge in [0.15, 0.2) is 0 Å². The molecule has 3 aromatic carbocycles. The van der Waals surface area contributed by atoms with Crippen LogP contribution in [-0.4, -0.2) is 41.5 Å². The van der Waals surface area contributed by atoms with Crippen molar-refractivity contribution in [1.29, 1.82) is 0 Å². The summed E-state index contributed by atoms with van der Waals surface area (Å²) in [5.74, 6) is 0.245. The monoisotopic (exact) mass is 702 g/mol. The minimum absolute atomic E-state index is 0.193. The number of aromatic nitrogens is 1. The molecule has 2 fully saturated rings. The van der Waals surface area contributed by atoms with E-state index >= 15 is 0 Å². The van der Waals surface area contributed by atoms with Gasteiger partial charge in [0.25, 0.3) is 5.91 Å². The molecule has 264 valence electrons. The fourth-order valence-corrected chi connectivity index (χ4v) is 9.91. The highest BCUT2D eigenvalue weighted by molar-refractivity contribution is 7.11. The van der Waals surface area contributed by atoms with Crippen LogP contribution >= 0.6 is 11.3 Å². The van der Waals surface area contributed by atoms with Gasteiger partial charge in [-0.05, 0) is 92.3 Å². The third-order valence-electron chi connectivity index (χ3n) is 11.7. The van der Waals surface area contributed by atoms with Crippen LogP contribution < -0.4 is 15.5 Å². The molecule has 4 aromatic rings. The van der Waals surface area contributed by atoms with Gasteiger partial charge in [0, 0.05) is 40.3 Å². The summed E-state index contributed by atoms with van der Waals surface area (Å²) in [6.07, 6.45) is 11.6. The summed E-state index contributed by atoms with van der Waals surface area (Å²) in [5.41, 5.74) is 7.28. The highest BCUT2D eigenvalue weighted by Crippen LogP contribution is 2.56. The molecule has 2 unspecified atom stereocenters. The van der Waals surface area contributed by atoms with Crippen LogP contribution in [0, 0.1) is 5.92 Å². The van der Waals surface area contributed by atoms with Crippen LogP contribution in [0.5, 0.6) is 0 Å². The highest BCUT2D eigenvalue weighted by Gasteiger charge is 2.46. The summed E-state index contributed by atoms with van der Waals surface area (Å²) in [4.78, 5) is 47.1. The van der Waals surface area contributed by atoms with Crippen molar-refractivity contribution in [2.75, 3.05) is 23.4 Å². The molecule has 0 radical (unpaired) electrons. The minimum Gasteiger partial charge on any atom is -0.461 e. The number of rotatable bonds is 8. The molecule has 8 nitrogen and oxygen atoms in total. The van der Waals surface area contributed by atoms with Crippen LogP contribution in [0.3, 0.4) is 0 Å². The number of benzene rings is 3. The first-order valence-electron chi connectivity index (χ1n) is 18.8. The van der Waals surface area contributed by atoms with E-state index in [2.05, 4.69) is 56.9 Å². The van der Waals surface area contributed by atoms with Crippen LogP contribution in [0.2, 0.25) is 0 Å². The number of nitrogens with one attached hydrogen (secondary N) is 2. The van der Waals surface area contributed by atoms with Crippen molar-refractivity contribution >= 4 is 40.5 Å². The molecule has 2 N–H and O–H groups in total. The molecule has 2 aliphatic heterocycles. The van der Waals surface area contributed by atoms with E-state index in [9.17, 15) is 14.4 Å². The Morgan fingerprint density at radius 1 is 0.922 bits per heavy atom. The van der Waals surface area contributed by atoms with E-state index in [1.54, 1.807) is 6.92 Å². The third kappa shape index (κ3) is 6.45. The number of hydrogen-bond acceptors (Lipinski definition) is 7. The Bertz CT molecular complexity index is 1920. The zero-order valence-electron chi connectivity index (χ0n) is 29.3. The van der Waals surface area contributed by atoms with Crippen molar-refractivity contribution in [3.05, 3.63) is 99.4 Å². The first-order chi connectivity index (χ1) is 24.9. The summed E-state index contributed by atoms with van der Waals surface area (Å²) in [6.45, 7) is 3.04. The van der Waals surface area contributed by atoms with E-state index in [1.165, 1.54) is 65.8 Å². The number of ether oxygens (including phenoxy) is 1. The molecule has 2 atom stereocenters. The minimum atomic E-state index is -0.979. The van der Waals surface area contributed by atoms with Gasteiger partial charge in [-0.3, -0.25) is 9.59 Å². The van der Waals surface area contributed by atoms with Gasteiger partial charge < -0.3 is 20.3 Å². The highest BCUT2D eigenvalue weighted by atomic mass is 32.1. The maximum atomic E-state index is 14.1.